The minimum absolute atomic E-state index is 0.115. The highest BCUT2D eigenvalue weighted by atomic mass is 16.5. The number of nitrogens with zero attached hydrogens (tertiary/aromatic N) is 3. The third-order valence-corrected chi connectivity index (χ3v) is 1.90. The molecule has 0 aliphatic carbocycles. The van der Waals surface area contributed by atoms with Crippen LogP contribution in [-0.2, 0) is 22.7 Å². The minimum atomic E-state index is -1.36. The summed E-state index contributed by atoms with van der Waals surface area (Å²) >= 11 is 0. The summed E-state index contributed by atoms with van der Waals surface area (Å²) in [6, 6.07) is 0. The van der Waals surface area contributed by atoms with Crippen molar-refractivity contribution < 1.29 is 19.7 Å². The van der Waals surface area contributed by atoms with E-state index in [9.17, 15) is 4.79 Å². The molecule has 2 N–H and O–H groups in total. The zero-order valence-electron chi connectivity index (χ0n) is 8.33. The zero-order valence-corrected chi connectivity index (χ0v) is 8.33. The van der Waals surface area contributed by atoms with Gasteiger partial charge in [-0.3, -0.25) is 0 Å². The molecule has 0 aliphatic heterocycles. The van der Waals surface area contributed by atoms with Crippen molar-refractivity contribution in [2.45, 2.75) is 25.7 Å². The van der Waals surface area contributed by atoms with Gasteiger partial charge in [0.1, 0.15) is 12.9 Å². The number of hydrogen-bond acceptors (Lipinski definition) is 5. The topological polar surface area (TPSA) is 97.5 Å². The first-order valence-electron chi connectivity index (χ1n) is 4.41. The van der Waals surface area contributed by atoms with Crippen LogP contribution in [0.3, 0.4) is 0 Å². The second kappa shape index (κ2) is 5.42. The number of aromatic nitrogens is 3. The predicted molar refractivity (Wildman–Crippen MR) is 49.0 cm³/mol. The Kier molecular flexibility index (Phi) is 4.19. The molecule has 0 amide bonds. The summed E-state index contributed by atoms with van der Waals surface area (Å²) in [5.74, 6) is -0.619. The fraction of sp³-hybridized carbons (Fsp3) is 0.625. The van der Waals surface area contributed by atoms with Gasteiger partial charge in [0, 0.05) is 20.1 Å². The van der Waals surface area contributed by atoms with E-state index in [1.807, 2.05) is 0 Å². The normalized spacial score (nSPS) is 12.7. The number of carboxylic acids is 1. The summed E-state index contributed by atoms with van der Waals surface area (Å²) in [4.78, 5) is 10.4. The molecule has 0 aliphatic rings. The second-order valence-corrected chi connectivity index (χ2v) is 3.02. The maximum absolute atomic E-state index is 10.4. The van der Waals surface area contributed by atoms with E-state index in [0.29, 0.717) is 19.0 Å². The van der Waals surface area contributed by atoms with Crippen LogP contribution in [0.2, 0.25) is 0 Å². The van der Waals surface area contributed by atoms with Gasteiger partial charge in [0.25, 0.3) is 0 Å². The molecule has 0 saturated carbocycles. The highest BCUT2D eigenvalue weighted by Gasteiger charge is 2.13. The van der Waals surface area contributed by atoms with Gasteiger partial charge in [-0.25, -0.2) is 4.79 Å². The van der Waals surface area contributed by atoms with E-state index in [1.165, 1.54) is 13.4 Å². The summed E-state index contributed by atoms with van der Waals surface area (Å²) in [6.45, 7) is 0.655. The van der Waals surface area contributed by atoms with Gasteiger partial charge in [-0.1, -0.05) is 0 Å². The minimum Gasteiger partial charge on any atom is -0.479 e. The fourth-order valence-corrected chi connectivity index (χ4v) is 1.09. The lowest BCUT2D eigenvalue weighted by Gasteiger charge is -2.07. The Labute approximate surface area is 86.3 Å². The number of ether oxygens (including phenoxy) is 1. The van der Waals surface area contributed by atoms with Crippen LogP contribution in [0.25, 0.3) is 0 Å². The Morgan fingerprint density at radius 3 is 3.07 bits per heavy atom. The van der Waals surface area contributed by atoms with Gasteiger partial charge in [-0.2, -0.15) is 0 Å². The first-order chi connectivity index (χ1) is 7.15. The Morgan fingerprint density at radius 1 is 1.73 bits per heavy atom. The molecular weight excluding hydrogens is 202 g/mol. The average molecular weight is 215 g/mol. The van der Waals surface area contributed by atoms with Gasteiger partial charge in [-0.05, 0) is 0 Å². The van der Waals surface area contributed by atoms with E-state index in [4.69, 9.17) is 14.9 Å². The van der Waals surface area contributed by atoms with Crippen LogP contribution in [0.15, 0.2) is 6.33 Å². The molecule has 0 saturated heterocycles. The summed E-state index contributed by atoms with van der Waals surface area (Å²) < 4.78 is 6.53. The van der Waals surface area contributed by atoms with Crippen molar-refractivity contribution in [3.63, 3.8) is 0 Å². The van der Waals surface area contributed by atoms with Crippen LogP contribution >= 0.6 is 0 Å². The maximum atomic E-state index is 10.4. The molecule has 1 aromatic rings. The molecule has 0 radical (unpaired) electrons. The van der Waals surface area contributed by atoms with Crippen LogP contribution in [0.4, 0.5) is 0 Å². The molecule has 0 spiro atoms. The highest BCUT2D eigenvalue weighted by Crippen LogP contribution is 2.01. The molecule has 1 heterocycles. The van der Waals surface area contributed by atoms with E-state index in [2.05, 4.69) is 10.2 Å². The molecule has 1 aromatic heterocycles. The predicted octanol–water partition coefficient (Wildman–Crippen LogP) is -0.740. The number of aliphatic hydroxyl groups excluding tert-OH is 1. The number of aliphatic carboxylic acids is 1. The first kappa shape index (κ1) is 11.6. The third-order valence-electron chi connectivity index (χ3n) is 1.90. The molecule has 0 bridgehead atoms. The number of hydrogen-bond donors (Lipinski definition) is 2. The van der Waals surface area contributed by atoms with Gasteiger partial charge in [0.05, 0.1) is 0 Å². The van der Waals surface area contributed by atoms with Gasteiger partial charge < -0.3 is 19.5 Å². The monoisotopic (exact) mass is 215 g/mol. The molecule has 7 nitrogen and oxygen atoms in total. The number of rotatable bonds is 6. The van der Waals surface area contributed by atoms with Crippen molar-refractivity contribution in [2.75, 3.05) is 7.11 Å². The largest absolute Gasteiger partial charge is 0.479 e. The van der Waals surface area contributed by atoms with Crippen molar-refractivity contribution in [2.24, 2.45) is 0 Å². The van der Waals surface area contributed by atoms with E-state index in [1.54, 1.807) is 4.57 Å². The van der Waals surface area contributed by atoms with Crippen LogP contribution < -0.4 is 0 Å². The summed E-state index contributed by atoms with van der Waals surface area (Å²) in [5, 5.41) is 25.0. The molecular formula is C8H13N3O4. The number of carbonyl (C=O) groups is 1. The summed E-state index contributed by atoms with van der Waals surface area (Å²) in [5.41, 5.74) is 0. The van der Waals surface area contributed by atoms with Crippen LogP contribution in [0, 0.1) is 0 Å². The number of aliphatic hydroxyl groups is 1. The van der Waals surface area contributed by atoms with Crippen molar-refractivity contribution in [1.29, 1.82) is 0 Å². The standard InChI is InChI=1S/C8H13N3O4/c1-15-4-7-10-9-5-11(7)3-2-6(12)8(13)14/h5-6,12H,2-4H2,1H3,(H,13,14). The van der Waals surface area contributed by atoms with Crippen molar-refractivity contribution in [3.8, 4) is 0 Å². The van der Waals surface area contributed by atoms with Crippen LogP contribution in [0.5, 0.6) is 0 Å². The summed E-state index contributed by atoms with van der Waals surface area (Å²) in [7, 11) is 1.53. The van der Waals surface area contributed by atoms with Crippen molar-refractivity contribution >= 4 is 5.97 Å². The lowest BCUT2D eigenvalue weighted by molar-refractivity contribution is -0.147. The van der Waals surface area contributed by atoms with Gasteiger partial charge in [0.2, 0.25) is 0 Å². The van der Waals surface area contributed by atoms with E-state index in [0.717, 1.165) is 0 Å². The average Bonchev–Trinajstić information content (AvgIpc) is 2.62. The molecule has 1 unspecified atom stereocenters. The van der Waals surface area contributed by atoms with Gasteiger partial charge in [0.15, 0.2) is 11.9 Å². The smallest absolute Gasteiger partial charge is 0.332 e. The van der Waals surface area contributed by atoms with Crippen LogP contribution in [-0.4, -0.2) is 44.2 Å². The van der Waals surface area contributed by atoms with Gasteiger partial charge >= 0.3 is 5.97 Å². The number of carboxylic acid groups (broad SMARTS) is 1. The zero-order chi connectivity index (χ0) is 11.3. The molecule has 0 aromatic carbocycles. The Morgan fingerprint density at radius 2 is 2.47 bits per heavy atom. The van der Waals surface area contributed by atoms with Gasteiger partial charge in [-0.15, -0.1) is 10.2 Å². The highest BCUT2D eigenvalue weighted by molar-refractivity contribution is 5.71. The van der Waals surface area contributed by atoms with Crippen molar-refractivity contribution in [1.82, 2.24) is 14.8 Å². The quantitative estimate of drug-likeness (QED) is 0.648. The third kappa shape index (κ3) is 3.30. The number of methoxy groups -OCH3 is 1. The Hall–Kier alpha value is -1.47. The Bertz CT molecular complexity index is 325. The second-order valence-electron chi connectivity index (χ2n) is 3.02. The fourth-order valence-electron chi connectivity index (χ4n) is 1.09. The Balaban J connectivity index is 2.49. The molecule has 0 fully saturated rings. The summed E-state index contributed by atoms with van der Waals surface area (Å²) in [6.07, 6.45) is 0.232. The molecule has 1 rings (SSSR count). The molecule has 15 heavy (non-hydrogen) atoms. The lowest BCUT2D eigenvalue weighted by atomic mass is 10.2. The maximum Gasteiger partial charge on any atom is 0.332 e. The van der Waals surface area contributed by atoms with E-state index in [-0.39, 0.29) is 6.42 Å². The molecule has 84 valence electrons. The molecule has 7 heteroatoms. The SMILES string of the molecule is COCc1nncn1CCC(O)C(=O)O. The number of aryl methyl sites for hydroxylation is 1. The van der Waals surface area contributed by atoms with E-state index >= 15 is 0 Å². The van der Waals surface area contributed by atoms with Crippen LogP contribution in [0.1, 0.15) is 12.2 Å². The van der Waals surface area contributed by atoms with Crippen molar-refractivity contribution in [3.05, 3.63) is 12.2 Å². The lowest BCUT2D eigenvalue weighted by Crippen LogP contribution is -2.21. The molecule has 1 atom stereocenters. The van der Waals surface area contributed by atoms with E-state index < -0.39 is 12.1 Å². The first-order valence-corrected chi connectivity index (χ1v) is 4.41.